The monoisotopic (exact) mass is 397 g/mol. The van der Waals surface area contributed by atoms with Crippen molar-refractivity contribution in [3.05, 3.63) is 35.4 Å². The summed E-state index contributed by atoms with van der Waals surface area (Å²) >= 11 is 6.23. The Kier molecular flexibility index (Phi) is 4.58. The number of aryl methyl sites for hydroxylation is 1. The van der Waals surface area contributed by atoms with Gasteiger partial charge in [0, 0.05) is 51.1 Å². The Hall–Kier alpha value is -1.77. The van der Waals surface area contributed by atoms with E-state index in [4.69, 9.17) is 21.1 Å². The van der Waals surface area contributed by atoms with E-state index in [1.165, 1.54) is 16.4 Å². The molecule has 2 aliphatic heterocycles. The minimum atomic E-state index is -3.73. The molecule has 26 heavy (non-hydrogen) atoms. The van der Waals surface area contributed by atoms with Gasteiger partial charge in [0.2, 0.25) is 10.0 Å². The number of nitrogens with zero attached hydrogens (tertiary/aromatic N) is 3. The average molecular weight is 398 g/mol. The van der Waals surface area contributed by atoms with E-state index in [2.05, 4.69) is 9.55 Å². The summed E-state index contributed by atoms with van der Waals surface area (Å²) in [4.78, 5) is 4.35. The first-order valence-corrected chi connectivity index (χ1v) is 10.3. The summed E-state index contributed by atoms with van der Waals surface area (Å²) in [5, 5.41) is 0.140. The van der Waals surface area contributed by atoms with Gasteiger partial charge in [-0.2, -0.15) is 0 Å². The zero-order valence-corrected chi connectivity index (χ0v) is 16.0. The number of aromatic nitrogens is 2. The molecule has 0 bridgehead atoms. The Morgan fingerprint density at radius 1 is 1.31 bits per heavy atom. The van der Waals surface area contributed by atoms with Crippen LogP contribution in [-0.2, 0) is 23.0 Å². The molecule has 2 aliphatic rings. The number of hydrogen-bond acceptors (Lipinski definition) is 5. The lowest BCUT2D eigenvalue weighted by atomic mass is 10.00. The third-order valence-corrected chi connectivity index (χ3v) is 7.12. The molecule has 2 aromatic rings. The largest absolute Gasteiger partial charge is 0.486 e. The highest BCUT2D eigenvalue weighted by Gasteiger charge is 2.30. The topological polar surface area (TPSA) is 73.7 Å². The lowest BCUT2D eigenvalue weighted by Gasteiger charge is -2.28. The van der Waals surface area contributed by atoms with Crippen LogP contribution in [0.2, 0.25) is 5.02 Å². The molecule has 1 atom stereocenters. The summed E-state index contributed by atoms with van der Waals surface area (Å²) in [6, 6.07) is 2.96. The molecule has 4 rings (SSSR count). The van der Waals surface area contributed by atoms with Gasteiger partial charge in [-0.15, -0.1) is 0 Å². The first-order chi connectivity index (χ1) is 12.4. The lowest BCUT2D eigenvalue weighted by molar-refractivity contribution is 0.171. The highest BCUT2D eigenvalue weighted by atomic mass is 35.5. The predicted octanol–water partition coefficient (Wildman–Crippen LogP) is 2.19. The molecule has 0 N–H and O–H groups in total. The summed E-state index contributed by atoms with van der Waals surface area (Å²) in [6.45, 7) is 2.00. The van der Waals surface area contributed by atoms with Crippen LogP contribution >= 0.6 is 11.6 Å². The summed E-state index contributed by atoms with van der Waals surface area (Å²) in [6.07, 6.45) is 5.49. The zero-order chi connectivity index (χ0) is 18.3. The summed E-state index contributed by atoms with van der Waals surface area (Å²) < 4.78 is 40.5. The number of fused-ring (bicyclic) bond motifs is 2. The molecule has 0 amide bonds. The molecule has 3 heterocycles. The summed E-state index contributed by atoms with van der Waals surface area (Å²) in [7, 11) is -2.14. The number of ether oxygens (including phenoxy) is 2. The molecule has 0 spiro atoms. The maximum absolute atomic E-state index is 13.0. The average Bonchev–Trinajstić information content (AvgIpc) is 3.08. The SMILES string of the molecule is CN(C[C@H]1CCc2nccn2C1)S(=O)(=O)c1cc2c(cc1Cl)OCCO2. The Labute approximate surface area is 157 Å². The Morgan fingerprint density at radius 2 is 2.04 bits per heavy atom. The molecule has 0 unspecified atom stereocenters. The van der Waals surface area contributed by atoms with Crippen molar-refractivity contribution in [2.24, 2.45) is 5.92 Å². The molecule has 0 aliphatic carbocycles. The highest BCUT2D eigenvalue weighted by molar-refractivity contribution is 7.89. The minimum absolute atomic E-state index is 0.0463. The van der Waals surface area contributed by atoms with E-state index in [0.717, 1.165) is 25.2 Å². The number of rotatable bonds is 4. The van der Waals surface area contributed by atoms with Crippen molar-refractivity contribution in [3.63, 3.8) is 0 Å². The van der Waals surface area contributed by atoms with Gasteiger partial charge in [0.25, 0.3) is 0 Å². The predicted molar refractivity (Wildman–Crippen MR) is 96.3 cm³/mol. The van der Waals surface area contributed by atoms with E-state index in [9.17, 15) is 8.42 Å². The van der Waals surface area contributed by atoms with Gasteiger partial charge in [-0.3, -0.25) is 0 Å². The van der Waals surface area contributed by atoms with Crippen LogP contribution in [0, 0.1) is 5.92 Å². The van der Waals surface area contributed by atoms with Crippen molar-refractivity contribution < 1.29 is 17.9 Å². The summed E-state index contributed by atoms with van der Waals surface area (Å²) in [5.41, 5.74) is 0. The van der Waals surface area contributed by atoms with Crippen molar-refractivity contribution >= 4 is 21.6 Å². The third-order valence-electron chi connectivity index (χ3n) is 4.83. The molecule has 1 aromatic heterocycles. The van der Waals surface area contributed by atoms with Gasteiger partial charge in [-0.1, -0.05) is 11.6 Å². The number of hydrogen-bond donors (Lipinski definition) is 0. The van der Waals surface area contributed by atoms with Gasteiger partial charge in [0.15, 0.2) is 11.5 Å². The van der Waals surface area contributed by atoms with E-state index in [0.29, 0.717) is 31.3 Å². The maximum Gasteiger partial charge on any atom is 0.244 e. The second kappa shape index (κ2) is 6.75. The normalized spacial score (nSPS) is 19.4. The van der Waals surface area contributed by atoms with E-state index in [1.807, 2.05) is 6.20 Å². The van der Waals surface area contributed by atoms with Gasteiger partial charge in [-0.05, 0) is 12.3 Å². The van der Waals surface area contributed by atoms with Crippen LogP contribution in [0.4, 0.5) is 0 Å². The van der Waals surface area contributed by atoms with Crippen LogP contribution in [0.5, 0.6) is 11.5 Å². The second-order valence-electron chi connectivity index (χ2n) is 6.61. The molecule has 0 saturated carbocycles. The molecule has 9 heteroatoms. The van der Waals surface area contributed by atoms with Crippen LogP contribution in [0.15, 0.2) is 29.4 Å². The molecular weight excluding hydrogens is 378 g/mol. The fourth-order valence-electron chi connectivity index (χ4n) is 3.46. The first kappa shape index (κ1) is 17.6. The molecular formula is C17H20ClN3O4S. The highest BCUT2D eigenvalue weighted by Crippen LogP contribution is 2.38. The Balaban J connectivity index is 1.55. The van der Waals surface area contributed by atoms with Crippen LogP contribution in [-0.4, -0.2) is 49.1 Å². The standard InChI is InChI=1S/C17H20ClN3O4S/c1-20(10-12-2-3-17-19-4-5-21(17)11-12)26(22,23)16-9-15-14(8-13(16)18)24-6-7-25-15/h4-5,8-9,12H,2-3,6-7,10-11H2,1H3/t12-/m1/s1. The Morgan fingerprint density at radius 3 is 2.81 bits per heavy atom. The van der Waals surface area contributed by atoms with Crippen molar-refractivity contribution in [2.75, 3.05) is 26.8 Å². The number of halogens is 1. The number of sulfonamides is 1. The molecule has 1 aromatic carbocycles. The van der Waals surface area contributed by atoms with Gasteiger partial charge in [0.1, 0.15) is 23.9 Å². The van der Waals surface area contributed by atoms with E-state index < -0.39 is 10.0 Å². The van der Waals surface area contributed by atoms with E-state index in [-0.39, 0.29) is 15.8 Å². The zero-order valence-electron chi connectivity index (χ0n) is 14.4. The van der Waals surface area contributed by atoms with Crippen LogP contribution in [0.1, 0.15) is 12.2 Å². The lowest BCUT2D eigenvalue weighted by Crippen LogP contribution is -2.35. The van der Waals surface area contributed by atoms with Crippen molar-refractivity contribution in [1.29, 1.82) is 0 Å². The molecule has 140 valence electrons. The molecule has 0 saturated heterocycles. The maximum atomic E-state index is 13.0. The number of imidazole rings is 1. The van der Waals surface area contributed by atoms with Crippen molar-refractivity contribution in [1.82, 2.24) is 13.9 Å². The summed E-state index contributed by atoms with van der Waals surface area (Å²) in [5.74, 6) is 2.17. The molecule has 7 nitrogen and oxygen atoms in total. The van der Waals surface area contributed by atoms with Gasteiger partial charge < -0.3 is 14.0 Å². The van der Waals surface area contributed by atoms with Crippen LogP contribution in [0.3, 0.4) is 0 Å². The third kappa shape index (κ3) is 3.17. The van der Waals surface area contributed by atoms with Crippen LogP contribution < -0.4 is 9.47 Å². The molecule has 0 fully saturated rings. The fraction of sp³-hybridized carbons (Fsp3) is 0.471. The van der Waals surface area contributed by atoms with E-state index in [1.54, 1.807) is 13.2 Å². The van der Waals surface area contributed by atoms with Gasteiger partial charge >= 0.3 is 0 Å². The molecule has 0 radical (unpaired) electrons. The van der Waals surface area contributed by atoms with Gasteiger partial charge in [-0.25, -0.2) is 17.7 Å². The number of benzene rings is 1. The van der Waals surface area contributed by atoms with Crippen molar-refractivity contribution in [2.45, 2.75) is 24.3 Å². The first-order valence-electron chi connectivity index (χ1n) is 8.50. The quantitative estimate of drug-likeness (QED) is 0.790. The smallest absolute Gasteiger partial charge is 0.244 e. The van der Waals surface area contributed by atoms with E-state index >= 15 is 0 Å². The minimum Gasteiger partial charge on any atom is -0.486 e. The Bertz CT molecular complexity index is 928. The second-order valence-corrected chi connectivity index (χ2v) is 9.03. The van der Waals surface area contributed by atoms with Crippen molar-refractivity contribution in [3.8, 4) is 11.5 Å². The van der Waals surface area contributed by atoms with Gasteiger partial charge in [0.05, 0.1) is 5.02 Å². The fourth-order valence-corrected chi connectivity index (χ4v) is 5.21. The van der Waals surface area contributed by atoms with Crippen LogP contribution in [0.25, 0.3) is 0 Å².